The highest BCUT2D eigenvalue weighted by atomic mass is 16.4. The van der Waals surface area contributed by atoms with Gasteiger partial charge in [-0.25, -0.2) is 0 Å². The van der Waals surface area contributed by atoms with Crippen molar-refractivity contribution in [3.63, 3.8) is 0 Å². The van der Waals surface area contributed by atoms with Crippen LogP contribution < -0.4 is 0 Å². The molecular weight excluding hydrogens is 354 g/mol. The molecule has 3 heterocycles. The zero-order valence-corrected chi connectivity index (χ0v) is 16.6. The smallest absolute Gasteiger partial charge is 0.247 e. The van der Waals surface area contributed by atoms with Crippen molar-refractivity contribution in [2.45, 2.75) is 32.2 Å². The van der Waals surface area contributed by atoms with E-state index >= 15 is 0 Å². The Bertz CT molecular complexity index is 764. The van der Waals surface area contributed by atoms with E-state index in [0.717, 1.165) is 57.7 Å². The maximum atomic E-state index is 12.5. The standard InChI is InChI=1S/C21H29N5O2/c1-17(20-22-23-21(28-20)18-8-4-2-5-9-18)25-14-12-24(13-15-25)16-19(27)26-10-6-3-7-11-26/h2,4-5,8-9,17H,3,6-7,10-16H2,1H3. The molecule has 2 aromatic rings. The normalized spacial score (nSPS) is 20.2. The third kappa shape index (κ3) is 4.42. The highest BCUT2D eigenvalue weighted by molar-refractivity contribution is 5.78. The number of benzene rings is 1. The zero-order valence-electron chi connectivity index (χ0n) is 16.6. The van der Waals surface area contributed by atoms with Gasteiger partial charge in [0.05, 0.1) is 12.6 Å². The number of carbonyl (C=O) groups is 1. The molecule has 150 valence electrons. The van der Waals surface area contributed by atoms with Gasteiger partial charge in [0.15, 0.2) is 0 Å². The van der Waals surface area contributed by atoms with Crippen LogP contribution in [-0.2, 0) is 4.79 Å². The van der Waals surface area contributed by atoms with Crippen LogP contribution in [0.15, 0.2) is 34.7 Å². The first kappa shape index (κ1) is 19.1. The predicted molar refractivity (Wildman–Crippen MR) is 107 cm³/mol. The first-order chi connectivity index (χ1) is 13.7. The summed E-state index contributed by atoms with van der Waals surface area (Å²) in [6.07, 6.45) is 3.54. The molecule has 0 N–H and O–H groups in total. The minimum absolute atomic E-state index is 0.0740. The second kappa shape index (κ2) is 8.84. The molecule has 1 aromatic carbocycles. The SMILES string of the molecule is CC(c1nnc(-c2ccccc2)o1)N1CCN(CC(=O)N2CCCCC2)CC1. The maximum Gasteiger partial charge on any atom is 0.247 e. The Labute approximate surface area is 166 Å². The lowest BCUT2D eigenvalue weighted by Gasteiger charge is -2.37. The minimum Gasteiger partial charge on any atom is -0.419 e. The Morgan fingerprint density at radius 3 is 2.43 bits per heavy atom. The summed E-state index contributed by atoms with van der Waals surface area (Å²) >= 11 is 0. The van der Waals surface area contributed by atoms with E-state index in [1.165, 1.54) is 6.42 Å². The van der Waals surface area contributed by atoms with E-state index in [1.807, 2.05) is 35.2 Å². The molecule has 0 aliphatic carbocycles. The van der Waals surface area contributed by atoms with Crippen LogP contribution in [0.1, 0.15) is 38.1 Å². The van der Waals surface area contributed by atoms with Crippen LogP contribution in [0, 0.1) is 0 Å². The van der Waals surface area contributed by atoms with Crippen LogP contribution in [0.25, 0.3) is 11.5 Å². The zero-order chi connectivity index (χ0) is 19.3. The van der Waals surface area contributed by atoms with Gasteiger partial charge in [-0.3, -0.25) is 14.6 Å². The van der Waals surface area contributed by atoms with Gasteiger partial charge in [0.25, 0.3) is 0 Å². The lowest BCUT2D eigenvalue weighted by molar-refractivity contribution is -0.133. The number of hydrogen-bond donors (Lipinski definition) is 0. The van der Waals surface area contributed by atoms with Crippen LogP contribution in [0.4, 0.5) is 0 Å². The number of likely N-dealkylation sites (tertiary alicyclic amines) is 1. The molecule has 7 heteroatoms. The molecule has 4 rings (SSSR count). The second-order valence-electron chi connectivity index (χ2n) is 7.74. The molecule has 1 amide bonds. The molecule has 0 radical (unpaired) electrons. The van der Waals surface area contributed by atoms with Crippen molar-refractivity contribution in [1.82, 2.24) is 24.9 Å². The third-order valence-corrected chi connectivity index (χ3v) is 5.84. The summed E-state index contributed by atoms with van der Waals surface area (Å²) in [7, 11) is 0. The number of aromatic nitrogens is 2. The fourth-order valence-corrected chi connectivity index (χ4v) is 4.00. The van der Waals surface area contributed by atoms with Gasteiger partial charge in [-0.15, -0.1) is 10.2 Å². The first-order valence-electron chi connectivity index (χ1n) is 10.3. The molecule has 2 saturated heterocycles. The molecule has 28 heavy (non-hydrogen) atoms. The summed E-state index contributed by atoms with van der Waals surface area (Å²) in [5.74, 6) is 1.50. The highest BCUT2D eigenvalue weighted by Crippen LogP contribution is 2.24. The molecule has 2 fully saturated rings. The Morgan fingerprint density at radius 1 is 1.00 bits per heavy atom. The molecule has 7 nitrogen and oxygen atoms in total. The number of hydrogen-bond acceptors (Lipinski definition) is 6. The summed E-state index contributed by atoms with van der Waals surface area (Å²) in [4.78, 5) is 19.1. The lowest BCUT2D eigenvalue weighted by atomic mass is 10.1. The molecule has 1 unspecified atom stereocenters. The summed E-state index contributed by atoms with van der Waals surface area (Å²) in [6.45, 7) is 8.09. The second-order valence-corrected chi connectivity index (χ2v) is 7.74. The Morgan fingerprint density at radius 2 is 1.71 bits per heavy atom. The van der Waals surface area contributed by atoms with Crippen molar-refractivity contribution in [2.75, 3.05) is 45.8 Å². The number of nitrogens with zero attached hydrogens (tertiary/aromatic N) is 5. The molecule has 1 atom stereocenters. The van der Waals surface area contributed by atoms with Crippen molar-refractivity contribution in [3.8, 4) is 11.5 Å². The van der Waals surface area contributed by atoms with E-state index in [1.54, 1.807) is 0 Å². The summed E-state index contributed by atoms with van der Waals surface area (Å²) in [6, 6.07) is 9.92. The number of carbonyl (C=O) groups excluding carboxylic acids is 1. The minimum atomic E-state index is 0.0740. The van der Waals surface area contributed by atoms with Crippen LogP contribution in [0.5, 0.6) is 0 Å². The Hall–Kier alpha value is -2.25. The van der Waals surface area contributed by atoms with E-state index in [0.29, 0.717) is 18.3 Å². The summed E-state index contributed by atoms with van der Waals surface area (Å²) in [5, 5.41) is 8.47. The van der Waals surface area contributed by atoms with Crippen molar-refractivity contribution in [1.29, 1.82) is 0 Å². The molecule has 0 bridgehead atoms. The maximum absolute atomic E-state index is 12.5. The predicted octanol–water partition coefficient (Wildman–Crippen LogP) is 2.43. The Balaban J connectivity index is 1.29. The molecular formula is C21H29N5O2. The topological polar surface area (TPSA) is 65.7 Å². The quantitative estimate of drug-likeness (QED) is 0.790. The van der Waals surface area contributed by atoms with Gasteiger partial charge < -0.3 is 9.32 Å². The number of piperazine rings is 1. The third-order valence-electron chi connectivity index (χ3n) is 5.84. The number of piperidine rings is 1. The van der Waals surface area contributed by atoms with Crippen molar-refractivity contribution in [3.05, 3.63) is 36.2 Å². The summed E-state index contributed by atoms with van der Waals surface area (Å²) < 4.78 is 5.92. The van der Waals surface area contributed by atoms with Crippen LogP contribution >= 0.6 is 0 Å². The van der Waals surface area contributed by atoms with Crippen LogP contribution in [0.2, 0.25) is 0 Å². The van der Waals surface area contributed by atoms with Crippen molar-refractivity contribution in [2.24, 2.45) is 0 Å². The number of rotatable bonds is 5. The van der Waals surface area contributed by atoms with Gasteiger partial charge in [-0.05, 0) is 38.3 Å². The Kier molecular flexibility index (Phi) is 6.02. The van der Waals surface area contributed by atoms with Gasteiger partial charge in [0.2, 0.25) is 17.7 Å². The van der Waals surface area contributed by atoms with E-state index in [-0.39, 0.29) is 11.9 Å². The largest absolute Gasteiger partial charge is 0.419 e. The molecule has 0 spiro atoms. The molecule has 2 aliphatic rings. The first-order valence-corrected chi connectivity index (χ1v) is 10.3. The van der Waals surface area contributed by atoms with E-state index in [4.69, 9.17) is 4.42 Å². The average Bonchev–Trinajstić information content (AvgIpc) is 3.25. The van der Waals surface area contributed by atoms with Gasteiger partial charge in [-0.2, -0.15) is 0 Å². The molecule has 2 aliphatic heterocycles. The van der Waals surface area contributed by atoms with Crippen molar-refractivity contribution >= 4 is 5.91 Å². The van der Waals surface area contributed by atoms with Gasteiger partial charge in [-0.1, -0.05) is 18.2 Å². The van der Waals surface area contributed by atoms with E-state index < -0.39 is 0 Å². The van der Waals surface area contributed by atoms with E-state index in [2.05, 4.69) is 26.9 Å². The monoisotopic (exact) mass is 383 g/mol. The van der Waals surface area contributed by atoms with Gasteiger partial charge >= 0.3 is 0 Å². The van der Waals surface area contributed by atoms with Gasteiger partial charge in [0.1, 0.15) is 0 Å². The highest BCUT2D eigenvalue weighted by Gasteiger charge is 2.27. The fourth-order valence-electron chi connectivity index (χ4n) is 4.00. The van der Waals surface area contributed by atoms with Gasteiger partial charge in [0, 0.05) is 44.8 Å². The van der Waals surface area contributed by atoms with Crippen LogP contribution in [0.3, 0.4) is 0 Å². The molecule has 1 aromatic heterocycles. The fraction of sp³-hybridized carbons (Fsp3) is 0.571. The number of amides is 1. The van der Waals surface area contributed by atoms with Crippen LogP contribution in [-0.4, -0.2) is 76.6 Å². The van der Waals surface area contributed by atoms with Crippen molar-refractivity contribution < 1.29 is 9.21 Å². The summed E-state index contributed by atoms with van der Waals surface area (Å²) in [5.41, 5.74) is 0.939. The van der Waals surface area contributed by atoms with E-state index in [9.17, 15) is 4.79 Å². The lowest BCUT2D eigenvalue weighted by Crippen LogP contribution is -2.51. The molecule has 0 saturated carbocycles. The average molecular weight is 383 g/mol.